The molecule has 2 aromatic heterocycles. The number of piperidine rings is 1. The zero-order valence-corrected chi connectivity index (χ0v) is 27.8. The monoisotopic (exact) mass is 616 g/mol. The molecule has 2 aliphatic rings. The number of nitrogens with zero attached hydrogens (tertiary/aromatic N) is 6. The number of aromatic nitrogens is 3. The summed E-state index contributed by atoms with van der Waals surface area (Å²) >= 11 is 0. The topological polar surface area (TPSA) is 104 Å². The molecule has 1 amide bonds. The maximum atomic E-state index is 13.0. The van der Waals surface area contributed by atoms with E-state index >= 15 is 0 Å². The summed E-state index contributed by atoms with van der Waals surface area (Å²) in [6.07, 6.45) is 7.29. The highest BCUT2D eigenvalue weighted by Crippen LogP contribution is 2.32. The molecule has 0 radical (unpaired) electrons. The van der Waals surface area contributed by atoms with Gasteiger partial charge >= 0.3 is 0 Å². The van der Waals surface area contributed by atoms with Crippen LogP contribution in [-0.4, -0.2) is 90.0 Å². The van der Waals surface area contributed by atoms with Gasteiger partial charge in [-0.25, -0.2) is 4.98 Å². The lowest BCUT2D eigenvalue weighted by atomic mass is 10.0. The summed E-state index contributed by atoms with van der Waals surface area (Å²) in [4.78, 5) is 34.5. The zero-order valence-electron chi connectivity index (χ0n) is 27.8. The van der Waals surface area contributed by atoms with E-state index < -0.39 is 0 Å². The first-order valence-corrected chi connectivity index (χ1v) is 16.0. The van der Waals surface area contributed by atoms with Crippen LogP contribution in [0.2, 0.25) is 0 Å². The minimum Gasteiger partial charge on any atom is -0.496 e. The summed E-state index contributed by atoms with van der Waals surface area (Å²) in [7, 11) is 3.63. The Bertz CT molecular complexity index is 1520. The number of morpholine rings is 1. The van der Waals surface area contributed by atoms with Crippen molar-refractivity contribution in [3.05, 3.63) is 59.7 Å². The van der Waals surface area contributed by atoms with Crippen LogP contribution in [0.3, 0.4) is 0 Å². The summed E-state index contributed by atoms with van der Waals surface area (Å²) in [5, 5.41) is 10.7. The van der Waals surface area contributed by atoms with E-state index in [4.69, 9.17) is 24.4 Å². The van der Waals surface area contributed by atoms with Gasteiger partial charge in [0.15, 0.2) is 5.65 Å². The molecule has 10 nitrogen and oxygen atoms in total. The number of rotatable bonds is 8. The SMILES string of the molecule is C/C=C\C(=C/C)C(=O)N1CCC(N(C)c2nc(N3CCOC[C@@H]3C)c3ccc(-c4ccc(OC)c(CO)c4)nc3n2)CC1.CC. The summed E-state index contributed by atoms with van der Waals surface area (Å²) in [5.41, 5.74) is 3.66. The van der Waals surface area contributed by atoms with Crippen LogP contribution < -0.4 is 14.5 Å². The Morgan fingerprint density at radius 3 is 2.51 bits per heavy atom. The average Bonchev–Trinajstić information content (AvgIpc) is 3.10. The minimum absolute atomic E-state index is 0.0758. The molecular formula is C35H48N6O4. The average molecular weight is 617 g/mol. The van der Waals surface area contributed by atoms with E-state index in [0.29, 0.717) is 49.2 Å². The number of fused-ring (bicyclic) bond motifs is 1. The van der Waals surface area contributed by atoms with E-state index in [0.717, 1.165) is 47.4 Å². The number of likely N-dealkylation sites (tertiary alicyclic amines) is 1. The normalized spacial score (nSPS) is 17.8. The van der Waals surface area contributed by atoms with Crippen LogP contribution in [0, 0.1) is 0 Å². The van der Waals surface area contributed by atoms with Gasteiger partial charge < -0.3 is 29.3 Å². The molecule has 1 N–H and O–H groups in total. The fraction of sp³-hybridized carbons (Fsp3) is 0.486. The lowest BCUT2D eigenvalue weighted by Gasteiger charge is -2.38. The van der Waals surface area contributed by atoms with Gasteiger partial charge in [0.1, 0.15) is 11.6 Å². The largest absolute Gasteiger partial charge is 0.496 e. The smallest absolute Gasteiger partial charge is 0.253 e. The van der Waals surface area contributed by atoms with Gasteiger partial charge in [0.2, 0.25) is 5.95 Å². The Labute approximate surface area is 267 Å². The Morgan fingerprint density at radius 2 is 1.87 bits per heavy atom. The number of carbonyl (C=O) groups excluding carboxylic acids is 1. The van der Waals surface area contributed by atoms with E-state index in [1.54, 1.807) is 7.11 Å². The van der Waals surface area contributed by atoms with Gasteiger partial charge in [0.25, 0.3) is 5.91 Å². The zero-order chi connectivity index (χ0) is 32.5. The van der Waals surface area contributed by atoms with Crippen molar-refractivity contribution in [2.75, 3.05) is 56.8 Å². The van der Waals surface area contributed by atoms with Gasteiger partial charge in [-0.3, -0.25) is 4.79 Å². The Kier molecular flexibility index (Phi) is 11.9. The van der Waals surface area contributed by atoms with Crippen molar-refractivity contribution in [1.82, 2.24) is 19.9 Å². The van der Waals surface area contributed by atoms with Gasteiger partial charge in [0, 0.05) is 49.4 Å². The van der Waals surface area contributed by atoms with E-state index in [1.807, 2.05) is 88.2 Å². The van der Waals surface area contributed by atoms with Crippen LogP contribution in [0.1, 0.15) is 53.0 Å². The van der Waals surface area contributed by atoms with Crippen molar-refractivity contribution in [3.8, 4) is 17.0 Å². The van der Waals surface area contributed by atoms with Crippen molar-refractivity contribution < 1.29 is 19.4 Å². The first-order valence-electron chi connectivity index (χ1n) is 16.0. The second-order valence-electron chi connectivity index (χ2n) is 11.1. The molecule has 0 unspecified atom stereocenters. The Balaban J connectivity index is 0.00000226. The highest BCUT2D eigenvalue weighted by Gasteiger charge is 2.29. The first-order chi connectivity index (χ1) is 21.9. The molecule has 0 saturated carbocycles. The molecule has 2 aliphatic heterocycles. The molecule has 10 heteroatoms. The number of methoxy groups -OCH3 is 1. The van der Waals surface area contributed by atoms with Gasteiger partial charge in [-0.2, -0.15) is 9.97 Å². The van der Waals surface area contributed by atoms with Crippen LogP contribution in [0.15, 0.2) is 54.1 Å². The molecule has 1 aromatic carbocycles. The number of carbonyl (C=O) groups is 1. The fourth-order valence-corrected chi connectivity index (χ4v) is 5.90. The van der Waals surface area contributed by atoms with Crippen LogP contribution >= 0.6 is 0 Å². The Morgan fingerprint density at radius 1 is 1.11 bits per heavy atom. The third-order valence-corrected chi connectivity index (χ3v) is 8.43. The molecule has 1 atom stereocenters. The number of hydrogen-bond donors (Lipinski definition) is 1. The summed E-state index contributed by atoms with van der Waals surface area (Å²) in [6.45, 7) is 13.2. The van der Waals surface area contributed by atoms with Crippen molar-refractivity contribution in [1.29, 1.82) is 0 Å². The molecule has 0 bridgehead atoms. The summed E-state index contributed by atoms with van der Waals surface area (Å²) < 4.78 is 11.1. The number of aliphatic hydroxyl groups is 1. The van der Waals surface area contributed by atoms with E-state index in [-0.39, 0.29) is 24.6 Å². The number of anilines is 2. The van der Waals surface area contributed by atoms with Gasteiger partial charge in [-0.05, 0) is 63.9 Å². The van der Waals surface area contributed by atoms with Gasteiger partial charge in [-0.15, -0.1) is 0 Å². The first kappa shape index (κ1) is 33.9. The Hall–Kier alpha value is -4.02. The second kappa shape index (κ2) is 15.8. The molecule has 5 rings (SSSR count). The fourth-order valence-electron chi connectivity index (χ4n) is 5.90. The molecule has 0 spiro atoms. The van der Waals surface area contributed by atoms with Crippen molar-refractivity contribution in [2.24, 2.45) is 0 Å². The number of ether oxygens (including phenoxy) is 2. The predicted octanol–water partition coefficient (Wildman–Crippen LogP) is 5.39. The maximum absolute atomic E-state index is 13.0. The quantitative estimate of drug-likeness (QED) is 0.263. The number of allylic oxidation sites excluding steroid dienone is 2. The van der Waals surface area contributed by atoms with Gasteiger partial charge in [-0.1, -0.05) is 32.1 Å². The van der Waals surface area contributed by atoms with Crippen molar-refractivity contribution in [3.63, 3.8) is 0 Å². The third-order valence-electron chi connectivity index (χ3n) is 8.43. The summed E-state index contributed by atoms with van der Waals surface area (Å²) in [6, 6.07) is 10.0. The van der Waals surface area contributed by atoms with Crippen molar-refractivity contribution in [2.45, 2.75) is 66.2 Å². The van der Waals surface area contributed by atoms with Gasteiger partial charge in [0.05, 0.1) is 44.1 Å². The minimum atomic E-state index is -0.128. The molecular weight excluding hydrogens is 568 g/mol. The number of hydrogen-bond acceptors (Lipinski definition) is 9. The number of amides is 1. The highest BCUT2D eigenvalue weighted by atomic mass is 16.5. The highest BCUT2D eigenvalue weighted by molar-refractivity contribution is 5.96. The lowest BCUT2D eigenvalue weighted by Crippen LogP contribution is -2.47. The van der Waals surface area contributed by atoms with Crippen LogP contribution in [0.25, 0.3) is 22.3 Å². The molecule has 2 fully saturated rings. The summed E-state index contributed by atoms with van der Waals surface area (Å²) in [5.74, 6) is 2.18. The van der Waals surface area contributed by atoms with Crippen LogP contribution in [-0.2, 0) is 16.1 Å². The number of pyridine rings is 1. The molecule has 242 valence electrons. The number of aliphatic hydroxyl groups excluding tert-OH is 1. The molecule has 4 heterocycles. The van der Waals surface area contributed by atoms with Crippen molar-refractivity contribution >= 4 is 28.7 Å². The molecule has 3 aromatic rings. The van der Waals surface area contributed by atoms with E-state index in [2.05, 4.69) is 16.7 Å². The molecule has 2 saturated heterocycles. The maximum Gasteiger partial charge on any atom is 0.253 e. The standard InChI is InChI=1S/C33H42N6O4.C2H6/c1-6-8-23(7-2)32(41)38-15-13-26(14-16-38)37(4)33-35-30-27(31(36-33)39-17-18-43-21-22(39)3)10-11-28(34-30)24-9-12-29(42-5)25(19-24)20-40;1-2/h6-12,19,22,26,40H,13-18,20-21H2,1-5H3;1-2H3/b8-6-,23-7+;/t22-;/m0./s1. The predicted molar refractivity (Wildman–Crippen MR) is 181 cm³/mol. The van der Waals surface area contributed by atoms with Crippen LogP contribution in [0.5, 0.6) is 5.75 Å². The van der Waals surface area contributed by atoms with E-state index in [9.17, 15) is 9.90 Å². The lowest BCUT2D eigenvalue weighted by molar-refractivity contribution is -0.127. The second-order valence-corrected chi connectivity index (χ2v) is 11.1. The molecule has 0 aliphatic carbocycles. The van der Waals surface area contributed by atoms with Crippen LogP contribution in [0.4, 0.5) is 11.8 Å². The number of benzene rings is 1. The van der Waals surface area contributed by atoms with E-state index in [1.165, 1.54) is 0 Å². The third kappa shape index (κ3) is 7.45. The molecule has 45 heavy (non-hydrogen) atoms.